The van der Waals surface area contributed by atoms with Crippen LogP contribution >= 0.6 is 0 Å². The zero-order valence-electron chi connectivity index (χ0n) is 31.7. The van der Waals surface area contributed by atoms with Crippen molar-refractivity contribution in [2.24, 2.45) is 22.2 Å². The Kier molecular flexibility index (Phi) is 15.5. The summed E-state index contributed by atoms with van der Waals surface area (Å²) in [7, 11) is 0. The number of guanidine groups is 1. The first-order valence-corrected chi connectivity index (χ1v) is 18.8. The topological polar surface area (TPSA) is 322 Å². The second kappa shape index (κ2) is 20.2. The van der Waals surface area contributed by atoms with E-state index in [1.54, 1.807) is 12.1 Å². The number of rotatable bonds is 21. The fourth-order valence-corrected chi connectivity index (χ4v) is 6.88. The average Bonchev–Trinajstić information content (AvgIpc) is 3.66. The summed E-state index contributed by atoms with van der Waals surface area (Å²) in [5.41, 5.74) is 15.6. The number of carbonyl (C=O) groups is 7. The molecule has 57 heavy (non-hydrogen) atoms. The Balaban J connectivity index is 1.54. The van der Waals surface area contributed by atoms with Gasteiger partial charge in [0.05, 0.1) is 17.2 Å². The number of hydrogen-bond donors (Lipinski definition) is 10. The number of aliphatic carboxylic acids is 1. The van der Waals surface area contributed by atoms with Crippen molar-refractivity contribution in [3.8, 4) is 5.75 Å². The monoisotopic (exact) mass is 793 g/mol. The molecule has 2 aliphatic rings. The number of nitrogens with one attached hydrogen (secondary N) is 4. The number of nitrogens with zero attached hydrogens (tertiary/aromatic N) is 2. The van der Waals surface area contributed by atoms with Crippen molar-refractivity contribution < 1.29 is 48.9 Å². The van der Waals surface area contributed by atoms with Gasteiger partial charge in [-0.15, -0.1) is 0 Å². The van der Waals surface area contributed by atoms with Crippen LogP contribution in [0.2, 0.25) is 0 Å². The number of fused-ring (bicyclic) bond motifs is 2. The van der Waals surface area contributed by atoms with E-state index in [0.717, 1.165) is 0 Å². The Hall–Kier alpha value is -6.08. The third-order valence-electron chi connectivity index (χ3n) is 9.79. The van der Waals surface area contributed by atoms with Crippen molar-refractivity contribution >= 4 is 52.8 Å². The Morgan fingerprint density at radius 2 is 1.56 bits per heavy atom. The molecule has 1 aliphatic carbocycles. The molecule has 1 fully saturated rings. The molecule has 4 rings (SSSR count). The largest absolute Gasteiger partial charge is 0.507 e. The fraction of sp³-hybridized carbons (Fsp3) is 0.474. The summed E-state index contributed by atoms with van der Waals surface area (Å²) >= 11 is 0. The molecular formula is C38H51N9O10. The third-order valence-corrected chi connectivity index (χ3v) is 9.79. The van der Waals surface area contributed by atoms with Crippen LogP contribution in [-0.4, -0.2) is 124 Å². The summed E-state index contributed by atoms with van der Waals surface area (Å²) in [6.07, 6.45) is 0.698. The number of aliphatic imine (C=N–C) groups is 1. The lowest BCUT2D eigenvalue weighted by Crippen LogP contribution is -2.57. The minimum absolute atomic E-state index is 0.0100. The maximum Gasteiger partial charge on any atom is 0.326 e. The highest BCUT2D eigenvalue weighted by atomic mass is 16.4. The van der Waals surface area contributed by atoms with Gasteiger partial charge in [0.25, 0.3) is 0 Å². The molecule has 0 aromatic heterocycles. The summed E-state index contributed by atoms with van der Waals surface area (Å²) < 4.78 is 0. The number of primary amides is 1. The second-order valence-electron chi connectivity index (χ2n) is 14.0. The van der Waals surface area contributed by atoms with E-state index in [4.69, 9.17) is 17.2 Å². The molecule has 19 heteroatoms. The highest BCUT2D eigenvalue weighted by molar-refractivity contribution is 6.31. The molecule has 1 aliphatic heterocycles. The lowest BCUT2D eigenvalue weighted by atomic mass is 9.82. The summed E-state index contributed by atoms with van der Waals surface area (Å²) in [5, 5.41) is 42.4. The predicted octanol–water partition coefficient (Wildman–Crippen LogP) is -0.937. The van der Waals surface area contributed by atoms with Crippen molar-refractivity contribution in [2.45, 2.75) is 88.6 Å². The number of carboxylic acid groups (broad SMARTS) is 1. The molecule has 19 nitrogen and oxygen atoms in total. The summed E-state index contributed by atoms with van der Waals surface area (Å²) in [4.78, 5) is 96.9. The van der Waals surface area contributed by atoms with Crippen LogP contribution in [0.3, 0.4) is 0 Å². The molecule has 2 aromatic rings. The number of ketones is 2. The van der Waals surface area contributed by atoms with E-state index in [0.29, 0.717) is 32.4 Å². The SMILES string of the molecule is C[C@@H](O)[C@H](Nc1ccc(O)c2c1C(=O)c1ccccc1C2=O)C(=O)N[C@@H](CCCCNCCC(N)=O)C(=O)N1CCC[C@H]1C(=O)N[C@@H](CCCN=C(N)N)C(=O)O. The number of aliphatic hydroxyl groups is 1. The van der Waals surface area contributed by atoms with Crippen LogP contribution in [0.4, 0.5) is 5.69 Å². The Morgan fingerprint density at radius 1 is 0.895 bits per heavy atom. The third kappa shape index (κ3) is 11.3. The lowest BCUT2D eigenvalue weighted by molar-refractivity contribution is -0.145. The Morgan fingerprint density at radius 3 is 2.19 bits per heavy atom. The van der Waals surface area contributed by atoms with E-state index in [9.17, 15) is 48.9 Å². The van der Waals surface area contributed by atoms with Crippen LogP contribution in [0.25, 0.3) is 0 Å². The van der Waals surface area contributed by atoms with Gasteiger partial charge >= 0.3 is 5.97 Å². The van der Waals surface area contributed by atoms with E-state index in [1.807, 2.05) is 0 Å². The zero-order chi connectivity index (χ0) is 41.8. The summed E-state index contributed by atoms with van der Waals surface area (Å²) in [6.45, 7) is 2.44. The highest BCUT2D eigenvalue weighted by Crippen LogP contribution is 2.37. The molecule has 13 N–H and O–H groups in total. The molecule has 0 radical (unpaired) electrons. The van der Waals surface area contributed by atoms with Crippen LogP contribution in [0, 0.1) is 0 Å². The number of aromatic hydroxyl groups is 1. The molecule has 2 aromatic carbocycles. The zero-order valence-corrected chi connectivity index (χ0v) is 31.7. The van der Waals surface area contributed by atoms with Gasteiger partial charge in [-0.1, -0.05) is 24.3 Å². The number of nitrogens with two attached hydrogens (primary N) is 3. The molecule has 4 amide bonds. The number of likely N-dealkylation sites (tertiary alicyclic amines) is 1. The van der Waals surface area contributed by atoms with E-state index < -0.39 is 77.2 Å². The number of carboxylic acids is 1. The number of amides is 4. The summed E-state index contributed by atoms with van der Waals surface area (Å²) in [5.74, 6) is -5.65. The quantitative estimate of drug-likeness (QED) is 0.0270. The predicted molar refractivity (Wildman–Crippen MR) is 207 cm³/mol. The van der Waals surface area contributed by atoms with Gasteiger partial charge in [0.1, 0.15) is 29.9 Å². The van der Waals surface area contributed by atoms with Gasteiger partial charge in [-0.3, -0.25) is 33.8 Å². The van der Waals surface area contributed by atoms with E-state index >= 15 is 0 Å². The fourth-order valence-electron chi connectivity index (χ4n) is 6.88. The molecule has 308 valence electrons. The second-order valence-corrected chi connectivity index (χ2v) is 14.0. The van der Waals surface area contributed by atoms with Crippen LogP contribution in [-0.2, 0) is 24.0 Å². The van der Waals surface area contributed by atoms with Gasteiger partial charge < -0.3 is 58.7 Å². The van der Waals surface area contributed by atoms with Crippen molar-refractivity contribution in [1.82, 2.24) is 20.9 Å². The van der Waals surface area contributed by atoms with E-state index in [-0.39, 0.29) is 79.1 Å². The maximum absolute atomic E-state index is 14.2. The molecule has 0 bridgehead atoms. The molecule has 1 heterocycles. The highest BCUT2D eigenvalue weighted by Gasteiger charge is 2.40. The number of anilines is 1. The Bertz CT molecular complexity index is 1880. The first-order chi connectivity index (χ1) is 27.1. The standard InChI is InChI=1S/C38H51N9O10/c1-20(48)31(44-23-13-14-27(49)30-29(23)32(51)21-8-2-3-9-22(21)33(30)52)35(54)45-24(10-4-5-16-42-18-15-28(39)50)36(55)47-19-7-12-26(47)34(53)46-25(37(56)57)11-6-17-43-38(40)41/h2-3,8-9,13-14,20,24-26,31,42,44,48-49H,4-7,10-12,15-19H2,1H3,(H2,39,50)(H,45,54)(H,46,53)(H,56,57)(H4,40,41,43)/t20-,24+,25+,26+,31+/m1/s1. The van der Waals surface area contributed by atoms with Gasteiger partial charge in [-0.2, -0.15) is 0 Å². The van der Waals surface area contributed by atoms with Crippen LogP contribution in [0.5, 0.6) is 5.75 Å². The van der Waals surface area contributed by atoms with E-state index in [2.05, 4.69) is 26.3 Å². The minimum Gasteiger partial charge on any atom is -0.507 e. The Labute approximate surface area is 328 Å². The minimum atomic E-state index is -1.47. The van der Waals surface area contributed by atoms with Gasteiger partial charge in [-0.05, 0) is 70.5 Å². The number of phenols is 1. The van der Waals surface area contributed by atoms with Crippen molar-refractivity contribution in [2.75, 3.05) is 31.5 Å². The van der Waals surface area contributed by atoms with Crippen molar-refractivity contribution in [3.63, 3.8) is 0 Å². The average molecular weight is 794 g/mol. The van der Waals surface area contributed by atoms with Crippen LogP contribution in [0.15, 0.2) is 41.4 Å². The molecule has 0 saturated carbocycles. The molecule has 5 atom stereocenters. The van der Waals surface area contributed by atoms with Crippen LogP contribution < -0.4 is 38.5 Å². The number of hydrogen-bond acceptors (Lipinski definition) is 12. The smallest absolute Gasteiger partial charge is 0.326 e. The molecular weight excluding hydrogens is 742 g/mol. The molecule has 0 unspecified atom stereocenters. The number of aliphatic hydroxyl groups excluding tert-OH is 1. The van der Waals surface area contributed by atoms with Crippen molar-refractivity contribution in [3.05, 3.63) is 58.7 Å². The number of phenolic OH excluding ortho intramolecular Hbond substituents is 1. The maximum atomic E-state index is 14.2. The number of unbranched alkanes of at least 4 members (excludes halogenated alkanes) is 1. The number of benzene rings is 2. The number of carbonyl (C=O) groups excluding carboxylic acids is 6. The van der Waals surface area contributed by atoms with Gasteiger partial charge in [0, 0.05) is 42.9 Å². The van der Waals surface area contributed by atoms with Gasteiger partial charge in [-0.25, -0.2) is 4.79 Å². The van der Waals surface area contributed by atoms with Gasteiger partial charge in [0.15, 0.2) is 17.5 Å². The molecule has 0 spiro atoms. The first-order valence-electron chi connectivity index (χ1n) is 18.8. The molecule has 1 saturated heterocycles. The normalized spacial score (nSPS) is 16.7. The van der Waals surface area contributed by atoms with Gasteiger partial charge in [0.2, 0.25) is 23.6 Å². The van der Waals surface area contributed by atoms with Crippen molar-refractivity contribution in [1.29, 1.82) is 0 Å². The summed E-state index contributed by atoms with van der Waals surface area (Å²) in [6, 6.07) is 3.61. The lowest BCUT2D eigenvalue weighted by Gasteiger charge is -2.31. The van der Waals surface area contributed by atoms with Crippen LogP contribution in [0.1, 0.15) is 90.1 Å². The first kappa shape index (κ1) is 43.6. The van der Waals surface area contributed by atoms with E-state index in [1.165, 1.54) is 36.1 Å².